The van der Waals surface area contributed by atoms with E-state index in [1.807, 2.05) is 0 Å². The second-order valence-corrected chi connectivity index (χ2v) is 3.23. The molecular formula is C8H14N2S. The summed E-state index contributed by atoms with van der Waals surface area (Å²) < 4.78 is 0. The first-order valence-electron chi connectivity index (χ1n) is 3.95. The van der Waals surface area contributed by atoms with Gasteiger partial charge in [-0.15, -0.1) is 6.58 Å². The smallest absolute Gasteiger partial charge is 0.166 e. The van der Waals surface area contributed by atoms with E-state index in [4.69, 9.17) is 12.2 Å². The van der Waals surface area contributed by atoms with Crippen LogP contribution in [0.25, 0.3) is 0 Å². The van der Waals surface area contributed by atoms with Crippen molar-refractivity contribution >= 4 is 17.3 Å². The molecule has 3 heteroatoms. The lowest BCUT2D eigenvalue weighted by Crippen LogP contribution is -2.36. The van der Waals surface area contributed by atoms with Crippen molar-refractivity contribution in [2.45, 2.75) is 12.8 Å². The van der Waals surface area contributed by atoms with Gasteiger partial charge in [0, 0.05) is 13.1 Å². The van der Waals surface area contributed by atoms with Crippen LogP contribution in [0.5, 0.6) is 0 Å². The predicted octanol–water partition coefficient (Wildman–Crippen LogP) is 1.05. The lowest BCUT2D eigenvalue weighted by Gasteiger charge is -2.06. The molecule has 0 saturated heterocycles. The molecule has 1 saturated carbocycles. The molecule has 1 aliphatic carbocycles. The van der Waals surface area contributed by atoms with Gasteiger partial charge >= 0.3 is 0 Å². The van der Waals surface area contributed by atoms with Gasteiger partial charge in [0.05, 0.1) is 0 Å². The molecule has 2 nitrogen and oxygen atoms in total. The maximum absolute atomic E-state index is 5.00. The van der Waals surface area contributed by atoms with Crippen molar-refractivity contribution in [3.8, 4) is 0 Å². The van der Waals surface area contributed by atoms with Gasteiger partial charge in [0.15, 0.2) is 5.11 Å². The second kappa shape index (κ2) is 4.34. The van der Waals surface area contributed by atoms with E-state index in [1.54, 1.807) is 6.08 Å². The van der Waals surface area contributed by atoms with Crippen molar-refractivity contribution in [2.24, 2.45) is 5.92 Å². The third kappa shape index (κ3) is 3.98. The van der Waals surface area contributed by atoms with E-state index in [9.17, 15) is 0 Å². The van der Waals surface area contributed by atoms with Crippen LogP contribution < -0.4 is 10.6 Å². The van der Waals surface area contributed by atoms with Crippen LogP contribution in [0.2, 0.25) is 0 Å². The number of rotatable bonds is 4. The third-order valence-corrected chi connectivity index (χ3v) is 1.94. The minimum absolute atomic E-state index is 0.747. The molecule has 0 aromatic rings. The van der Waals surface area contributed by atoms with Crippen molar-refractivity contribution in [2.75, 3.05) is 13.1 Å². The fourth-order valence-electron chi connectivity index (χ4n) is 0.786. The summed E-state index contributed by atoms with van der Waals surface area (Å²) in [5, 5.41) is 6.92. The molecule has 0 spiro atoms. The summed E-state index contributed by atoms with van der Waals surface area (Å²) in [5.74, 6) is 0.874. The highest BCUT2D eigenvalue weighted by molar-refractivity contribution is 7.80. The Kier molecular flexibility index (Phi) is 3.36. The molecule has 1 fully saturated rings. The molecule has 0 aromatic heterocycles. The Morgan fingerprint density at radius 2 is 2.27 bits per heavy atom. The summed E-state index contributed by atoms with van der Waals surface area (Å²) >= 11 is 5.00. The zero-order chi connectivity index (χ0) is 8.10. The molecule has 2 N–H and O–H groups in total. The minimum atomic E-state index is 0.747. The molecule has 0 amide bonds. The molecule has 0 aromatic carbocycles. The summed E-state index contributed by atoms with van der Waals surface area (Å²) in [6.07, 6.45) is 4.51. The van der Waals surface area contributed by atoms with Gasteiger partial charge < -0.3 is 10.6 Å². The summed E-state index contributed by atoms with van der Waals surface area (Å²) in [4.78, 5) is 0. The number of hydrogen-bond donors (Lipinski definition) is 2. The van der Waals surface area contributed by atoms with Crippen LogP contribution in [0.4, 0.5) is 0 Å². The van der Waals surface area contributed by atoms with Gasteiger partial charge in [-0.25, -0.2) is 0 Å². The second-order valence-electron chi connectivity index (χ2n) is 2.82. The fraction of sp³-hybridized carbons (Fsp3) is 0.625. The molecule has 0 aliphatic heterocycles. The lowest BCUT2D eigenvalue weighted by atomic mass is 10.4. The largest absolute Gasteiger partial charge is 0.362 e. The molecule has 11 heavy (non-hydrogen) atoms. The highest BCUT2D eigenvalue weighted by Crippen LogP contribution is 2.27. The summed E-state index contributed by atoms with van der Waals surface area (Å²) in [5.41, 5.74) is 0. The quantitative estimate of drug-likeness (QED) is 0.487. The number of hydrogen-bond acceptors (Lipinski definition) is 1. The van der Waals surface area contributed by atoms with Gasteiger partial charge in [-0.1, -0.05) is 6.08 Å². The first-order chi connectivity index (χ1) is 5.33. The van der Waals surface area contributed by atoms with Crippen LogP contribution in [0.3, 0.4) is 0 Å². The van der Waals surface area contributed by atoms with E-state index in [0.717, 1.165) is 24.1 Å². The van der Waals surface area contributed by atoms with E-state index >= 15 is 0 Å². The van der Waals surface area contributed by atoms with Crippen LogP contribution in [-0.4, -0.2) is 18.2 Å². The van der Waals surface area contributed by atoms with Crippen LogP contribution in [0, 0.1) is 5.92 Å². The third-order valence-electron chi connectivity index (χ3n) is 1.66. The van der Waals surface area contributed by atoms with Gasteiger partial charge in [0.1, 0.15) is 0 Å². The normalized spacial score (nSPS) is 15.6. The zero-order valence-electron chi connectivity index (χ0n) is 6.60. The van der Waals surface area contributed by atoms with Crippen LogP contribution >= 0.6 is 12.2 Å². The molecule has 62 valence electrons. The zero-order valence-corrected chi connectivity index (χ0v) is 7.41. The Balaban J connectivity index is 1.95. The molecule has 1 aliphatic rings. The maximum atomic E-state index is 5.00. The molecule has 0 bridgehead atoms. The van der Waals surface area contributed by atoms with Gasteiger partial charge in [-0.05, 0) is 31.0 Å². The first-order valence-corrected chi connectivity index (χ1v) is 4.36. The van der Waals surface area contributed by atoms with Gasteiger partial charge in [0.25, 0.3) is 0 Å². The molecule has 0 heterocycles. The average Bonchev–Trinajstić information content (AvgIpc) is 2.80. The van der Waals surface area contributed by atoms with E-state index in [1.165, 1.54) is 12.8 Å². The summed E-state index contributed by atoms with van der Waals surface area (Å²) in [7, 11) is 0. The Morgan fingerprint density at radius 3 is 2.82 bits per heavy atom. The Hall–Kier alpha value is -0.570. The topological polar surface area (TPSA) is 24.1 Å². The van der Waals surface area contributed by atoms with Crippen molar-refractivity contribution < 1.29 is 0 Å². The average molecular weight is 170 g/mol. The van der Waals surface area contributed by atoms with E-state index in [0.29, 0.717) is 0 Å². The predicted molar refractivity (Wildman–Crippen MR) is 51.5 cm³/mol. The van der Waals surface area contributed by atoms with E-state index in [-0.39, 0.29) is 0 Å². The van der Waals surface area contributed by atoms with Crippen molar-refractivity contribution in [3.63, 3.8) is 0 Å². The standard InChI is InChI=1S/C8H14N2S/c1-2-5-9-8(11)10-6-7-3-4-7/h2,7H,1,3-6H2,(H2,9,10,11). The summed E-state index contributed by atoms with van der Waals surface area (Å²) in [6, 6.07) is 0. The van der Waals surface area contributed by atoms with Crippen molar-refractivity contribution in [1.82, 2.24) is 10.6 Å². The van der Waals surface area contributed by atoms with Crippen LogP contribution in [0.15, 0.2) is 12.7 Å². The fourth-order valence-corrected chi connectivity index (χ4v) is 0.953. The molecule has 1 rings (SSSR count). The monoisotopic (exact) mass is 170 g/mol. The molecular weight excluding hydrogens is 156 g/mol. The van der Waals surface area contributed by atoms with Crippen LogP contribution in [-0.2, 0) is 0 Å². The Morgan fingerprint density at radius 1 is 1.55 bits per heavy atom. The van der Waals surface area contributed by atoms with E-state index < -0.39 is 0 Å². The van der Waals surface area contributed by atoms with E-state index in [2.05, 4.69) is 17.2 Å². The molecule has 0 radical (unpaired) electrons. The molecule has 0 unspecified atom stereocenters. The van der Waals surface area contributed by atoms with Crippen molar-refractivity contribution in [1.29, 1.82) is 0 Å². The number of nitrogens with one attached hydrogen (secondary N) is 2. The Bertz CT molecular complexity index is 152. The highest BCUT2D eigenvalue weighted by atomic mass is 32.1. The first kappa shape index (κ1) is 8.53. The van der Waals surface area contributed by atoms with Gasteiger partial charge in [0.2, 0.25) is 0 Å². The highest BCUT2D eigenvalue weighted by Gasteiger charge is 2.20. The maximum Gasteiger partial charge on any atom is 0.166 e. The van der Waals surface area contributed by atoms with Gasteiger partial charge in [-0.3, -0.25) is 0 Å². The SMILES string of the molecule is C=CCNC(=S)NCC1CC1. The van der Waals surface area contributed by atoms with Gasteiger partial charge in [-0.2, -0.15) is 0 Å². The molecule has 0 atom stereocenters. The minimum Gasteiger partial charge on any atom is -0.362 e. The van der Waals surface area contributed by atoms with Crippen LogP contribution in [0.1, 0.15) is 12.8 Å². The lowest BCUT2D eigenvalue weighted by molar-refractivity contribution is 0.760. The summed E-state index contributed by atoms with van der Waals surface area (Å²) in [6.45, 7) is 5.37. The van der Waals surface area contributed by atoms with Crippen molar-refractivity contribution in [3.05, 3.63) is 12.7 Å². The Labute approximate surface area is 73.1 Å². The number of thiocarbonyl (C=S) groups is 1.